The maximum absolute atomic E-state index is 10.5. The largest absolute Gasteiger partial charge is 0.492 e. The molecule has 1 aromatic carbocycles. The van der Waals surface area contributed by atoms with Crippen LogP contribution in [0.25, 0.3) is 10.9 Å². The van der Waals surface area contributed by atoms with Crippen molar-refractivity contribution in [2.75, 3.05) is 0 Å². The van der Waals surface area contributed by atoms with Gasteiger partial charge >= 0.3 is 0 Å². The highest BCUT2D eigenvalue weighted by Crippen LogP contribution is 2.42. The van der Waals surface area contributed by atoms with Crippen LogP contribution in [0.1, 0.15) is 0 Å². The van der Waals surface area contributed by atoms with E-state index >= 15 is 0 Å². The van der Waals surface area contributed by atoms with Crippen molar-refractivity contribution >= 4 is 40.0 Å². The molecule has 6 heteroatoms. The van der Waals surface area contributed by atoms with E-state index in [1.165, 1.54) is 0 Å². The molecule has 2 aromatic rings. The van der Waals surface area contributed by atoms with Crippen LogP contribution in [0.3, 0.4) is 0 Å². The van der Waals surface area contributed by atoms with E-state index in [0.29, 0.717) is 15.9 Å². The molecule has 0 fully saturated rings. The summed E-state index contributed by atoms with van der Waals surface area (Å²) in [4.78, 5) is 10.5. The minimum atomic E-state index is -0.398. The minimum Gasteiger partial charge on any atom is -0.492 e. The zero-order valence-corrected chi connectivity index (χ0v) is 8.25. The smallest absolute Gasteiger partial charge is 0.237 e. The van der Waals surface area contributed by atoms with Gasteiger partial charge in [0.1, 0.15) is 0 Å². The van der Waals surface area contributed by atoms with Gasteiger partial charge in [-0.2, -0.15) is 0 Å². The zero-order valence-electron chi connectivity index (χ0n) is 6.74. The molecule has 2 rings (SSSR count). The number of nitroso groups, excluding NO2 is 1. The van der Waals surface area contributed by atoms with Crippen LogP contribution in [0.15, 0.2) is 23.4 Å². The van der Waals surface area contributed by atoms with Gasteiger partial charge in [0, 0.05) is 11.8 Å². The summed E-state index contributed by atoms with van der Waals surface area (Å²) in [6.45, 7) is 0. The zero-order chi connectivity index (χ0) is 10.3. The average molecular weight is 231 g/mol. The first-order chi connectivity index (χ1) is 6.66. The molecule has 4 nitrogen and oxygen atoms in total. The molecule has 0 spiro atoms. The fourth-order valence-electron chi connectivity index (χ4n) is 1.32. The molecule has 1 N–H and O–H groups in total. The van der Waals surface area contributed by atoms with E-state index in [4.69, 9.17) is 23.4 Å². The van der Waals surface area contributed by atoms with Crippen LogP contribution in [0, 0.1) is 4.91 Å². The molecular formula is C8H4Cl2N2O2. The maximum Gasteiger partial charge on any atom is 0.237 e. The highest BCUT2D eigenvalue weighted by atomic mass is 35.5. The van der Waals surface area contributed by atoms with Crippen molar-refractivity contribution in [3.63, 3.8) is 0 Å². The van der Waals surface area contributed by atoms with E-state index in [1.54, 1.807) is 18.2 Å². The van der Waals surface area contributed by atoms with Crippen LogP contribution in [0.4, 0.5) is 5.69 Å². The van der Waals surface area contributed by atoms with E-state index in [2.05, 4.69) is 5.18 Å². The van der Waals surface area contributed by atoms with Crippen LogP contribution < -0.4 is 0 Å². The monoisotopic (exact) mass is 230 g/mol. The van der Waals surface area contributed by atoms with Crippen molar-refractivity contribution in [1.82, 2.24) is 4.09 Å². The second-order valence-electron chi connectivity index (χ2n) is 2.68. The van der Waals surface area contributed by atoms with Gasteiger partial charge in [-0.15, -0.1) is 4.91 Å². The summed E-state index contributed by atoms with van der Waals surface area (Å²) < 4.78 is 0.942. The Morgan fingerprint density at radius 3 is 2.79 bits per heavy atom. The molecule has 14 heavy (non-hydrogen) atoms. The van der Waals surface area contributed by atoms with Crippen molar-refractivity contribution in [1.29, 1.82) is 0 Å². The van der Waals surface area contributed by atoms with Gasteiger partial charge in [-0.25, -0.2) is 4.09 Å². The number of hydrogen-bond donors (Lipinski definition) is 1. The molecule has 0 aliphatic rings. The molecule has 0 aliphatic carbocycles. The van der Waals surface area contributed by atoms with Gasteiger partial charge < -0.3 is 5.11 Å². The van der Waals surface area contributed by atoms with E-state index in [-0.39, 0.29) is 5.69 Å². The molecule has 0 radical (unpaired) electrons. The van der Waals surface area contributed by atoms with E-state index in [9.17, 15) is 10.0 Å². The van der Waals surface area contributed by atoms with Crippen LogP contribution >= 0.6 is 23.4 Å². The van der Waals surface area contributed by atoms with Gasteiger partial charge in [0.05, 0.1) is 15.9 Å². The number of benzene rings is 1. The van der Waals surface area contributed by atoms with Crippen molar-refractivity contribution in [2.24, 2.45) is 5.18 Å². The summed E-state index contributed by atoms with van der Waals surface area (Å²) in [7, 11) is 0. The Balaban J connectivity index is 3.03. The molecular weight excluding hydrogens is 227 g/mol. The average Bonchev–Trinajstić information content (AvgIpc) is 2.43. The fraction of sp³-hybridized carbons (Fsp3) is 0. The minimum absolute atomic E-state index is 0.138. The normalized spacial score (nSPS) is 10.7. The van der Waals surface area contributed by atoms with Crippen molar-refractivity contribution in [2.45, 2.75) is 0 Å². The number of nitrogens with zero attached hydrogens (tertiary/aromatic N) is 2. The molecule has 0 saturated heterocycles. The summed E-state index contributed by atoms with van der Waals surface area (Å²) in [5.74, 6) is -0.398. The van der Waals surface area contributed by atoms with Crippen molar-refractivity contribution < 1.29 is 5.11 Å². The van der Waals surface area contributed by atoms with Gasteiger partial charge in [-0.1, -0.05) is 17.7 Å². The first-order valence-electron chi connectivity index (χ1n) is 3.68. The summed E-state index contributed by atoms with van der Waals surface area (Å²) in [6.07, 6.45) is 0. The maximum atomic E-state index is 10.5. The van der Waals surface area contributed by atoms with Crippen molar-refractivity contribution in [3.8, 4) is 5.88 Å². The Hall–Kier alpha value is -1.26. The molecule has 0 unspecified atom stereocenters. The summed E-state index contributed by atoms with van der Waals surface area (Å²) in [6, 6.07) is 4.88. The predicted molar refractivity (Wildman–Crippen MR) is 55.3 cm³/mol. The molecule has 72 valence electrons. The van der Waals surface area contributed by atoms with Gasteiger partial charge in [-0.05, 0) is 17.3 Å². The Morgan fingerprint density at radius 2 is 2.14 bits per heavy atom. The molecule has 0 saturated carbocycles. The topological polar surface area (TPSA) is 54.6 Å². The number of rotatable bonds is 1. The van der Waals surface area contributed by atoms with Gasteiger partial charge in [0.25, 0.3) is 0 Å². The number of hydrogen-bond acceptors (Lipinski definition) is 3. The SMILES string of the molecule is O=Nc1c(O)n(Cl)c2cccc(Cl)c12. The highest BCUT2D eigenvalue weighted by molar-refractivity contribution is 6.37. The van der Waals surface area contributed by atoms with Crippen LogP contribution in [-0.2, 0) is 0 Å². The molecule has 0 bridgehead atoms. The number of aromatic nitrogens is 1. The number of aromatic hydroxyl groups is 1. The quantitative estimate of drug-likeness (QED) is 0.764. The fourth-order valence-corrected chi connectivity index (χ4v) is 1.80. The van der Waals surface area contributed by atoms with Crippen LogP contribution in [0.5, 0.6) is 5.88 Å². The lowest BCUT2D eigenvalue weighted by molar-refractivity contribution is 0.453. The van der Waals surface area contributed by atoms with Crippen LogP contribution in [-0.4, -0.2) is 9.19 Å². The first kappa shape index (κ1) is 9.30. The second-order valence-corrected chi connectivity index (χ2v) is 3.42. The number of fused-ring (bicyclic) bond motifs is 1. The molecule has 0 aliphatic heterocycles. The van der Waals surface area contributed by atoms with E-state index in [0.717, 1.165) is 4.09 Å². The molecule has 1 aromatic heterocycles. The Labute approximate surface area is 88.7 Å². The molecule has 0 amide bonds. The standard InChI is InChI=1S/C8H4Cl2N2O2/c9-4-2-1-3-5-6(4)7(11-14)8(13)12(5)10/h1-3,13H. The lowest BCUT2D eigenvalue weighted by Gasteiger charge is -1.93. The second kappa shape index (κ2) is 3.15. The third kappa shape index (κ3) is 1.08. The Bertz CT molecular complexity index is 522. The van der Waals surface area contributed by atoms with E-state index < -0.39 is 5.88 Å². The van der Waals surface area contributed by atoms with Gasteiger partial charge in [0.15, 0.2) is 5.69 Å². The predicted octanol–water partition coefficient (Wildman–Crippen LogP) is 3.40. The van der Waals surface area contributed by atoms with Gasteiger partial charge in [-0.3, -0.25) is 0 Å². The third-order valence-corrected chi connectivity index (χ3v) is 2.59. The Kier molecular flexibility index (Phi) is 2.09. The summed E-state index contributed by atoms with van der Waals surface area (Å²) in [5, 5.41) is 12.8. The highest BCUT2D eigenvalue weighted by Gasteiger charge is 2.18. The van der Waals surface area contributed by atoms with Crippen molar-refractivity contribution in [3.05, 3.63) is 28.1 Å². The Morgan fingerprint density at radius 1 is 1.43 bits per heavy atom. The molecule has 0 atom stereocenters. The summed E-state index contributed by atoms with van der Waals surface area (Å²) in [5.41, 5.74) is 0.312. The van der Waals surface area contributed by atoms with E-state index in [1.807, 2.05) is 0 Å². The summed E-state index contributed by atoms with van der Waals surface area (Å²) >= 11 is 11.6. The lowest BCUT2D eigenvalue weighted by Crippen LogP contribution is -1.76. The third-order valence-electron chi connectivity index (χ3n) is 1.93. The van der Waals surface area contributed by atoms with Gasteiger partial charge in [0.2, 0.25) is 5.88 Å². The first-order valence-corrected chi connectivity index (χ1v) is 4.40. The molecule has 1 heterocycles. The number of halogens is 2. The lowest BCUT2D eigenvalue weighted by atomic mass is 10.2. The van der Waals surface area contributed by atoms with Crippen LogP contribution in [0.2, 0.25) is 5.02 Å².